The van der Waals surface area contributed by atoms with Crippen LogP contribution in [0.25, 0.3) is 4.91 Å². The van der Waals surface area contributed by atoms with E-state index in [2.05, 4.69) is 9.93 Å². The molecule has 0 aliphatic heterocycles. The van der Waals surface area contributed by atoms with Crippen LogP contribution in [0.1, 0.15) is 11.1 Å². The van der Waals surface area contributed by atoms with Crippen molar-refractivity contribution in [3.8, 4) is 5.40 Å². The molecule has 0 aliphatic rings. The molecule has 122 valence electrons. The zero-order chi connectivity index (χ0) is 17.4. The number of aryl methyl sites for hydroxylation is 1. The van der Waals surface area contributed by atoms with Crippen molar-refractivity contribution in [1.29, 1.82) is 5.26 Å². The molecule has 0 bridgehead atoms. The van der Waals surface area contributed by atoms with E-state index in [1.165, 1.54) is 18.3 Å². The molecule has 0 unspecified atom stereocenters. The second kappa shape index (κ2) is 8.34. The summed E-state index contributed by atoms with van der Waals surface area (Å²) in [6.07, 6.45) is 2.90. The van der Waals surface area contributed by atoms with Gasteiger partial charge in [0.1, 0.15) is 5.40 Å². The first-order valence-corrected chi connectivity index (χ1v) is 9.26. The minimum atomic E-state index is -3.70. The van der Waals surface area contributed by atoms with Crippen LogP contribution in [-0.2, 0) is 10.0 Å². The van der Waals surface area contributed by atoms with E-state index in [0.717, 1.165) is 22.9 Å². The van der Waals surface area contributed by atoms with Gasteiger partial charge in [-0.3, -0.25) is 0 Å². The zero-order valence-electron chi connectivity index (χ0n) is 12.9. The number of sulfonamides is 1. The van der Waals surface area contributed by atoms with Gasteiger partial charge in [-0.2, -0.15) is 18.8 Å². The number of nitrogens with one attached hydrogen (secondary N) is 1. The Morgan fingerprint density at radius 3 is 2.46 bits per heavy atom. The number of nitrogens with zero attached hydrogens (tertiary/aromatic N) is 2. The predicted octanol–water partition coefficient (Wildman–Crippen LogP) is 3.51. The van der Waals surface area contributed by atoms with Gasteiger partial charge in [-0.1, -0.05) is 48.0 Å². The van der Waals surface area contributed by atoms with Gasteiger partial charge in [-0.05, 0) is 42.5 Å². The largest absolute Gasteiger partial charge is 0.276 e. The van der Waals surface area contributed by atoms with Crippen molar-refractivity contribution in [2.75, 3.05) is 0 Å². The van der Waals surface area contributed by atoms with Crippen molar-refractivity contribution in [2.45, 2.75) is 11.8 Å². The maximum atomic E-state index is 12.1. The fourth-order valence-electron chi connectivity index (χ4n) is 1.82. The number of allylic oxidation sites excluding steroid dienone is 1. The SMILES string of the molecule is Cc1ccc(S(=O)(=O)N/N=C/C=C(\SC#N)c2ccccc2)cc1. The third-order valence-corrected chi connectivity index (χ3v) is 4.94. The van der Waals surface area contributed by atoms with Crippen LogP contribution >= 0.6 is 11.8 Å². The summed E-state index contributed by atoms with van der Waals surface area (Å²) >= 11 is 0.984. The molecule has 0 aromatic heterocycles. The monoisotopic (exact) mass is 357 g/mol. The van der Waals surface area contributed by atoms with Crippen LogP contribution in [0.15, 0.2) is 70.7 Å². The highest BCUT2D eigenvalue weighted by Crippen LogP contribution is 2.25. The van der Waals surface area contributed by atoms with Crippen LogP contribution in [0.3, 0.4) is 0 Å². The van der Waals surface area contributed by atoms with E-state index in [-0.39, 0.29) is 4.90 Å². The number of benzene rings is 2. The van der Waals surface area contributed by atoms with E-state index in [1.54, 1.807) is 18.2 Å². The highest BCUT2D eigenvalue weighted by Gasteiger charge is 2.11. The quantitative estimate of drug-likeness (QED) is 0.487. The molecule has 0 radical (unpaired) electrons. The first kappa shape index (κ1) is 17.8. The molecule has 0 fully saturated rings. The summed E-state index contributed by atoms with van der Waals surface area (Å²) in [5.74, 6) is 0. The molecule has 24 heavy (non-hydrogen) atoms. The van der Waals surface area contributed by atoms with Gasteiger partial charge in [-0.15, -0.1) is 0 Å². The summed E-state index contributed by atoms with van der Waals surface area (Å²) in [6.45, 7) is 1.88. The van der Waals surface area contributed by atoms with Gasteiger partial charge in [0.15, 0.2) is 0 Å². The lowest BCUT2D eigenvalue weighted by Gasteiger charge is -2.03. The average Bonchev–Trinajstić information content (AvgIpc) is 2.59. The molecule has 0 heterocycles. The Kier molecular flexibility index (Phi) is 6.18. The second-order valence-corrected chi connectivity index (χ2v) is 7.26. The molecular formula is C17H15N3O2S2. The van der Waals surface area contributed by atoms with Gasteiger partial charge in [0, 0.05) is 11.1 Å². The fourth-order valence-corrected chi connectivity index (χ4v) is 3.10. The van der Waals surface area contributed by atoms with Gasteiger partial charge in [0.05, 0.1) is 4.90 Å². The van der Waals surface area contributed by atoms with E-state index < -0.39 is 10.0 Å². The van der Waals surface area contributed by atoms with E-state index in [1.807, 2.05) is 42.7 Å². The van der Waals surface area contributed by atoms with Gasteiger partial charge in [0.25, 0.3) is 10.0 Å². The van der Waals surface area contributed by atoms with Crippen LogP contribution < -0.4 is 4.83 Å². The highest BCUT2D eigenvalue weighted by atomic mass is 32.2. The van der Waals surface area contributed by atoms with Gasteiger partial charge in [0.2, 0.25) is 0 Å². The second-order valence-electron chi connectivity index (χ2n) is 4.78. The molecule has 0 saturated carbocycles. The third kappa shape index (κ3) is 4.98. The number of hydrogen-bond acceptors (Lipinski definition) is 5. The Morgan fingerprint density at radius 1 is 1.17 bits per heavy atom. The minimum absolute atomic E-state index is 0.143. The fraction of sp³-hybridized carbons (Fsp3) is 0.0588. The third-order valence-electron chi connectivity index (χ3n) is 3.02. The van der Waals surface area contributed by atoms with Gasteiger partial charge in [-0.25, -0.2) is 4.83 Å². The summed E-state index contributed by atoms with van der Waals surface area (Å²) in [4.78, 5) is 2.97. The van der Waals surface area contributed by atoms with Gasteiger partial charge < -0.3 is 0 Å². The smallest absolute Gasteiger partial charge is 0.200 e. The molecule has 5 nitrogen and oxygen atoms in total. The standard InChI is InChI=1S/C17H15N3O2S2/c1-14-7-9-16(10-8-14)24(21,22)20-19-12-11-17(23-13-18)15-5-3-2-4-6-15/h2-12,20H,1H3/b17-11-,19-12+. The molecule has 2 rings (SSSR count). The van der Waals surface area contributed by atoms with E-state index in [9.17, 15) is 8.42 Å². The number of thiocyanates is 1. The Balaban J connectivity index is 2.12. The number of hydrogen-bond donors (Lipinski definition) is 1. The van der Waals surface area contributed by atoms with Crippen LogP contribution in [-0.4, -0.2) is 14.6 Å². The molecule has 2 aromatic carbocycles. The van der Waals surface area contributed by atoms with Crippen molar-refractivity contribution in [1.82, 2.24) is 4.83 Å². The molecule has 1 N–H and O–H groups in total. The van der Waals surface area contributed by atoms with Crippen LogP contribution in [0.5, 0.6) is 0 Å². The first-order valence-electron chi connectivity index (χ1n) is 6.96. The summed E-state index contributed by atoms with van der Waals surface area (Å²) in [7, 11) is -3.70. The zero-order valence-corrected chi connectivity index (χ0v) is 14.5. The lowest BCUT2D eigenvalue weighted by molar-refractivity contribution is 0.584. The number of thioether (sulfide) groups is 1. The minimum Gasteiger partial charge on any atom is -0.200 e. The summed E-state index contributed by atoms with van der Waals surface area (Å²) in [6, 6.07) is 15.8. The first-order chi connectivity index (χ1) is 11.5. The summed E-state index contributed by atoms with van der Waals surface area (Å²) < 4.78 is 24.2. The maximum absolute atomic E-state index is 12.1. The molecule has 2 aromatic rings. The lowest BCUT2D eigenvalue weighted by atomic mass is 10.2. The molecule has 0 spiro atoms. The Labute approximate surface area is 145 Å². The molecular weight excluding hydrogens is 342 g/mol. The maximum Gasteiger partial charge on any atom is 0.276 e. The van der Waals surface area contributed by atoms with E-state index >= 15 is 0 Å². The van der Waals surface area contributed by atoms with Crippen LogP contribution in [0, 0.1) is 17.6 Å². The van der Waals surface area contributed by atoms with Gasteiger partial charge >= 0.3 is 0 Å². The predicted molar refractivity (Wildman–Crippen MR) is 97.6 cm³/mol. The van der Waals surface area contributed by atoms with Crippen molar-refractivity contribution in [3.63, 3.8) is 0 Å². The topological polar surface area (TPSA) is 82.3 Å². The summed E-state index contributed by atoms with van der Waals surface area (Å²) in [5, 5.41) is 14.6. The number of hydrazone groups is 1. The Hall–Kier alpha value is -2.56. The number of rotatable bonds is 6. The molecule has 7 heteroatoms. The van der Waals surface area contributed by atoms with Crippen LogP contribution in [0.4, 0.5) is 0 Å². The van der Waals surface area contributed by atoms with E-state index in [4.69, 9.17) is 5.26 Å². The Morgan fingerprint density at radius 2 is 1.83 bits per heavy atom. The highest BCUT2D eigenvalue weighted by molar-refractivity contribution is 8.12. The normalized spacial score (nSPS) is 12.1. The van der Waals surface area contributed by atoms with Crippen molar-refractivity contribution in [3.05, 3.63) is 71.8 Å². The molecule has 0 atom stereocenters. The lowest BCUT2D eigenvalue weighted by Crippen LogP contribution is -2.18. The van der Waals surface area contributed by atoms with Crippen molar-refractivity contribution in [2.24, 2.45) is 5.10 Å². The van der Waals surface area contributed by atoms with E-state index in [0.29, 0.717) is 4.91 Å². The number of nitriles is 1. The van der Waals surface area contributed by atoms with Crippen molar-refractivity contribution < 1.29 is 8.42 Å². The van der Waals surface area contributed by atoms with Crippen LogP contribution in [0.2, 0.25) is 0 Å². The van der Waals surface area contributed by atoms with Crippen molar-refractivity contribution >= 4 is 32.9 Å². The average molecular weight is 357 g/mol. The summed E-state index contributed by atoms with van der Waals surface area (Å²) in [5.41, 5.74) is 1.83. The molecule has 0 aliphatic carbocycles. The molecule has 0 amide bonds. The molecule has 0 saturated heterocycles. The Bertz CT molecular complexity index is 882.